The molecule has 3 rings (SSSR count). The van der Waals surface area contributed by atoms with Gasteiger partial charge in [-0.2, -0.15) is 0 Å². The summed E-state index contributed by atoms with van der Waals surface area (Å²) in [4.78, 5) is 23.4. The lowest BCUT2D eigenvalue weighted by Crippen LogP contribution is -2.21. The average Bonchev–Trinajstić information content (AvgIpc) is 2.50. The highest BCUT2D eigenvalue weighted by molar-refractivity contribution is 6.01. The number of carbonyl (C=O) groups is 2. The van der Waals surface area contributed by atoms with Crippen LogP contribution < -0.4 is 16.0 Å². The first-order valence-electron chi connectivity index (χ1n) is 7.18. The van der Waals surface area contributed by atoms with E-state index in [1.54, 1.807) is 6.07 Å². The summed E-state index contributed by atoms with van der Waals surface area (Å²) in [5, 5.41) is 8.46. The second kappa shape index (κ2) is 5.89. The summed E-state index contributed by atoms with van der Waals surface area (Å²) < 4.78 is 0. The van der Waals surface area contributed by atoms with Crippen LogP contribution in [-0.2, 0) is 11.2 Å². The van der Waals surface area contributed by atoms with Crippen LogP contribution in [0.5, 0.6) is 0 Å². The summed E-state index contributed by atoms with van der Waals surface area (Å²) in [5.74, 6) is 0.0329. The number of fused-ring (bicyclic) bond motifs is 1. The number of para-hydroxylation sites is 1. The number of amides is 3. The average molecular weight is 295 g/mol. The molecule has 22 heavy (non-hydrogen) atoms. The molecule has 0 atom stereocenters. The molecule has 2 aromatic rings. The first-order chi connectivity index (χ1) is 10.6. The zero-order valence-corrected chi connectivity index (χ0v) is 12.3. The molecule has 0 saturated heterocycles. The molecule has 2 aromatic carbocycles. The predicted molar refractivity (Wildman–Crippen MR) is 87.2 cm³/mol. The Bertz CT molecular complexity index is 740. The van der Waals surface area contributed by atoms with Crippen LogP contribution in [-0.4, -0.2) is 11.9 Å². The van der Waals surface area contributed by atoms with Gasteiger partial charge in [-0.1, -0.05) is 18.2 Å². The molecule has 0 spiro atoms. The molecule has 1 aliphatic heterocycles. The van der Waals surface area contributed by atoms with Gasteiger partial charge < -0.3 is 16.0 Å². The Balaban J connectivity index is 1.70. The van der Waals surface area contributed by atoms with Crippen molar-refractivity contribution in [1.82, 2.24) is 0 Å². The number of urea groups is 1. The molecule has 3 amide bonds. The minimum Gasteiger partial charge on any atom is -0.326 e. The largest absolute Gasteiger partial charge is 0.326 e. The molecular formula is C17H17N3O2. The second-order valence-corrected chi connectivity index (χ2v) is 5.31. The van der Waals surface area contributed by atoms with Gasteiger partial charge in [0.1, 0.15) is 0 Å². The van der Waals surface area contributed by atoms with Gasteiger partial charge in [0.25, 0.3) is 0 Å². The quantitative estimate of drug-likeness (QED) is 0.793. The third-order valence-electron chi connectivity index (χ3n) is 3.65. The van der Waals surface area contributed by atoms with Crippen molar-refractivity contribution in [3.8, 4) is 0 Å². The Kier molecular flexibility index (Phi) is 3.78. The molecule has 0 aromatic heterocycles. The molecule has 0 saturated carbocycles. The van der Waals surface area contributed by atoms with Gasteiger partial charge >= 0.3 is 6.03 Å². The van der Waals surface area contributed by atoms with Crippen LogP contribution in [0, 0.1) is 6.92 Å². The highest BCUT2D eigenvalue weighted by Crippen LogP contribution is 2.25. The van der Waals surface area contributed by atoms with Crippen molar-refractivity contribution in [3.63, 3.8) is 0 Å². The molecular weight excluding hydrogens is 278 g/mol. The summed E-state index contributed by atoms with van der Waals surface area (Å²) in [7, 11) is 0. The van der Waals surface area contributed by atoms with Gasteiger partial charge in [-0.25, -0.2) is 4.79 Å². The van der Waals surface area contributed by atoms with Crippen molar-refractivity contribution < 1.29 is 9.59 Å². The predicted octanol–water partition coefficient (Wildman–Crippen LogP) is 3.52. The van der Waals surface area contributed by atoms with Gasteiger partial charge in [0, 0.05) is 23.5 Å². The van der Waals surface area contributed by atoms with Crippen LogP contribution in [0.15, 0.2) is 42.5 Å². The van der Waals surface area contributed by atoms with Gasteiger partial charge in [-0.15, -0.1) is 0 Å². The highest BCUT2D eigenvalue weighted by atomic mass is 16.2. The molecule has 0 radical (unpaired) electrons. The number of hydrogen-bond acceptors (Lipinski definition) is 2. The molecule has 0 bridgehead atoms. The molecule has 3 N–H and O–H groups in total. The standard InChI is InChI=1S/C17H17N3O2/c1-11-4-2-3-5-14(11)20-17(22)18-13-7-8-15-12(10-13)6-9-16(21)19-15/h2-5,7-8,10H,6,9H2,1H3,(H,19,21)(H2,18,20,22). The molecule has 5 nitrogen and oxygen atoms in total. The number of anilines is 3. The van der Waals surface area contributed by atoms with Crippen LogP contribution >= 0.6 is 0 Å². The fourth-order valence-electron chi connectivity index (χ4n) is 2.46. The number of hydrogen-bond donors (Lipinski definition) is 3. The first-order valence-corrected chi connectivity index (χ1v) is 7.18. The van der Waals surface area contributed by atoms with E-state index in [2.05, 4.69) is 16.0 Å². The molecule has 0 fully saturated rings. The normalized spacial score (nSPS) is 13.0. The van der Waals surface area contributed by atoms with E-state index in [-0.39, 0.29) is 11.9 Å². The zero-order chi connectivity index (χ0) is 15.5. The van der Waals surface area contributed by atoms with E-state index in [0.717, 1.165) is 22.5 Å². The van der Waals surface area contributed by atoms with E-state index < -0.39 is 0 Å². The smallest absolute Gasteiger partial charge is 0.323 e. The fraction of sp³-hybridized carbons (Fsp3) is 0.176. The number of nitrogens with one attached hydrogen (secondary N) is 3. The molecule has 0 aliphatic carbocycles. The monoisotopic (exact) mass is 295 g/mol. The van der Waals surface area contributed by atoms with E-state index in [1.165, 1.54) is 0 Å². The number of benzene rings is 2. The van der Waals surface area contributed by atoms with E-state index >= 15 is 0 Å². The van der Waals surface area contributed by atoms with Crippen molar-refractivity contribution in [2.45, 2.75) is 19.8 Å². The van der Waals surface area contributed by atoms with Crippen LogP contribution in [0.1, 0.15) is 17.5 Å². The molecule has 1 heterocycles. The SMILES string of the molecule is Cc1ccccc1NC(=O)Nc1ccc2c(c1)CCC(=O)N2. The van der Waals surface area contributed by atoms with Crippen LogP contribution in [0.2, 0.25) is 0 Å². The Morgan fingerprint density at radius 2 is 1.91 bits per heavy atom. The molecule has 5 heteroatoms. The van der Waals surface area contributed by atoms with Crippen LogP contribution in [0.3, 0.4) is 0 Å². The van der Waals surface area contributed by atoms with E-state index in [9.17, 15) is 9.59 Å². The topological polar surface area (TPSA) is 70.2 Å². The lowest BCUT2D eigenvalue weighted by Gasteiger charge is -2.18. The molecule has 0 unspecified atom stereocenters. The lowest BCUT2D eigenvalue weighted by atomic mass is 10.0. The molecule has 112 valence electrons. The summed E-state index contributed by atoms with van der Waals surface area (Å²) in [6.07, 6.45) is 1.17. The third kappa shape index (κ3) is 3.09. The summed E-state index contributed by atoms with van der Waals surface area (Å²) in [6, 6.07) is 12.8. The lowest BCUT2D eigenvalue weighted by molar-refractivity contribution is -0.116. The summed E-state index contributed by atoms with van der Waals surface area (Å²) in [5.41, 5.74) is 4.35. The Morgan fingerprint density at radius 1 is 1.09 bits per heavy atom. The molecule has 1 aliphatic rings. The summed E-state index contributed by atoms with van der Waals surface area (Å²) in [6.45, 7) is 1.94. The van der Waals surface area contributed by atoms with Crippen molar-refractivity contribution in [1.29, 1.82) is 0 Å². The minimum absolute atomic E-state index is 0.0329. The van der Waals surface area contributed by atoms with Gasteiger partial charge in [0.15, 0.2) is 0 Å². The second-order valence-electron chi connectivity index (χ2n) is 5.31. The van der Waals surface area contributed by atoms with E-state index in [0.29, 0.717) is 18.5 Å². The van der Waals surface area contributed by atoms with Crippen molar-refractivity contribution in [3.05, 3.63) is 53.6 Å². The van der Waals surface area contributed by atoms with Crippen molar-refractivity contribution in [2.24, 2.45) is 0 Å². The third-order valence-corrected chi connectivity index (χ3v) is 3.65. The number of aryl methyl sites for hydroxylation is 2. The maximum Gasteiger partial charge on any atom is 0.323 e. The Labute approximate surface area is 128 Å². The minimum atomic E-state index is -0.283. The Hall–Kier alpha value is -2.82. The van der Waals surface area contributed by atoms with E-state index in [1.807, 2.05) is 43.3 Å². The van der Waals surface area contributed by atoms with Crippen LogP contribution in [0.25, 0.3) is 0 Å². The van der Waals surface area contributed by atoms with Crippen molar-refractivity contribution in [2.75, 3.05) is 16.0 Å². The van der Waals surface area contributed by atoms with Gasteiger partial charge in [0.2, 0.25) is 5.91 Å². The highest BCUT2D eigenvalue weighted by Gasteiger charge is 2.15. The first kappa shape index (κ1) is 14.1. The van der Waals surface area contributed by atoms with Gasteiger partial charge in [-0.05, 0) is 48.7 Å². The Morgan fingerprint density at radius 3 is 2.73 bits per heavy atom. The van der Waals surface area contributed by atoms with Crippen LogP contribution in [0.4, 0.5) is 21.9 Å². The fourth-order valence-corrected chi connectivity index (χ4v) is 2.46. The zero-order valence-electron chi connectivity index (χ0n) is 12.3. The van der Waals surface area contributed by atoms with E-state index in [4.69, 9.17) is 0 Å². The van der Waals surface area contributed by atoms with Gasteiger partial charge in [-0.3, -0.25) is 4.79 Å². The summed E-state index contributed by atoms with van der Waals surface area (Å²) >= 11 is 0. The maximum absolute atomic E-state index is 12.1. The van der Waals surface area contributed by atoms with Crippen molar-refractivity contribution >= 4 is 29.0 Å². The number of rotatable bonds is 2. The van der Waals surface area contributed by atoms with Gasteiger partial charge in [0.05, 0.1) is 0 Å². The maximum atomic E-state index is 12.1. The number of carbonyl (C=O) groups excluding carboxylic acids is 2.